The molecular weight excluding hydrogens is 292 g/mol. The summed E-state index contributed by atoms with van der Waals surface area (Å²) in [4.78, 5) is 26.1. The lowest BCUT2D eigenvalue weighted by Crippen LogP contribution is -2.50. The minimum Gasteiger partial charge on any atom is -0.481 e. The molecule has 2 heterocycles. The molecule has 21 heavy (non-hydrogen) atoms. The molecule has 0 radical (unpaired) electrons. The maximum Gasteiger partial charge on any atom is 0.317 e. The van der Waals surface area contributed by atoms with Gasteiger partial charge in [-0.25, -0.2) is 4.79 Å². The van der Waals surface area contributed by atoms with Crippen LogP contribution in [0.4, 0.5) is 4.79 Å². The third kappa shape index (κ3) is 3.95. The molecule has 0 bridgehead atoms. The number of carbonyl (C=O) groups excluding carboxylic acids is 1. The van der Waals surface area contributed by atoms with Crippen LogP contribution in [0.1, 0.15) is 11.8 Å². The van der Waals surface area contributed by atoms with Crippen molar-refractivity contribution in [3.63, 3.8) is 0 Å². The van der Waals surface area contributed by atoms with Crippen LogP contribution in [0.15, 0.2) is 17.5 Å². The number of amides is 2. The van der Waals surface area contributed by atoms with Crippen LogP contribution in [-0.2, 0) is 16.0 Å². The van der Waals surface area contributed by atoms with E-state index >= 15 is 0 Å². The summed E-state index contributed by atoms with van der Waals surface area (Å²) in [6, 6.07) is 3.33. The van der Waals surface area contributed by atoms with Crippen LogP contribution in [0, 0.1) is 5.92 Å². The standard InChI is InChI=1S/C14H20N2O4S/c1-9(6-10-4-3-5-21-10)16(2)14(19)15-12-8-20-7-11(12)13(17)18/h3-5,9,11-12H,6-8H2,1-2H3,(H,15,19)(H,17,18). The van der Waals surface area contributed by atoms with E-state index in [4.69, 9.17) is 9.84 Å². The first-order valence-electron chi connectivity index (χ1n) is 6.85. The number of hydrogen-bond acceptors (Lipinski definition) is 4. The van der Waals surface area contributed by atoms with Gasteiger partial charge in [0.05, 0.1) is 19.3 Å². The first-order valence-corrected chi connectivity index (χ1v) is 7.73. The normalized spacial score (nSPS) is 22.8. The SMILES string of the molecule is CC(Cc1cccs1)N(C)C(=O)NC1COCC1C(=O)O. The zero-order valence-corrected chi connectivity index (χ0v) is 12.9. The summed E-state index contributed by atoms with van der Waals surface area (Å²) >= 11 is 1.66. The highest BCUT2D eigenvalue weighted by atomic mass is 32.1. The number of nitrogens with one attached hydrogen (secondary N) is 1. The molecule has 2 amide bonds. The Morgan fingerprint density at radius 3 is 2.95 bits per heavy atom. The molecule has 1 aromatic rings. The Morgan fingerprint density at radius 2 is 2.33 bits per heavy atom. The van der Waals surface area contributed by atoms with E-state index in [1.54, 1.807) is 23.3 Å². The van der Waals surface area contributed by atoms with Gasteiger partial charge < -0.3 is 20.1 Å². The zero-order chi connectivity index (χ0) is 15.4. The molecule has 2 N–H and O–H groups in total. The molecule has 0 aliphatic carbocycles. The molecule has 0 spiro atoms. The minimum atomic E-state index is -0.938. The van der Waals surface area contributed by atoms with Gasteiger partial charge in [0.15, 0.2) is 0 Å². The van der Waals surface area contributed by atoms with Crippen molar-refractivity contribution >= 4 is 23.3 Å². The van der Waals surface area contributed by atoms with E-state index in [0.717, 1.165) is 6.42 Å². The third-order valence-corrected chi connectivity index (χ3v) is 4.66. The van der Waals surface area contributed by atoms with Crippen LogP contribution in [0.2, 0.25) is 0 Å². The molecule has 1 saturated heterocycles. The number of nitrogens with zero attached hydrogens (tertiary/aromatic N) is 1. The molecule has 2 rings (SSSR count). The molecule has 1 aliphatic rings. The Balaban J connectivity index is 1.88. The largest absolute Gasteiger partial charge is 0.481 e. The Kier molecular flexibility index (Phi) is 5.19. The van der Waals surface area contributed by atoms with Crippen molar-refractivity contribution in [2.24, 2.45) is 5.92 Å². The maximum absolute atomic E-state index is 12.2. The number of carboxylic acids is 1. The lowest BCUT2D eigenvalue weighted by Gasteiger charge is -2.27. The predicted molar refractivity (Wildman–Crippen MR) is 79.5 cm³/mol. The van der Waals surface area contributed by atoms with Crippen LogP contribution >= 0.6 is 11.3 Å². The van der Waals surface area contributed by atoms with Gasteiger partial charge in [-0.3, -0.25) is 4.79 Å². The van der Waals surface area contributed by atoms with Crippen molar-refractivity contribution in [1.82, 2.24) is 10.2 Å². The molecule has 1 aromatic heterocycles. The van der Waals surface area contributed by atoms with Crippen molar-refractivity contribution in [3.05, 3.63) is 22.4 Å². The molecular formula is C14H20N2O4S. The maximum atomic E-state index is 12.2. The van der Waals surface area contributed by atoms with Crippen LogP contribution in [0.3, 0.4) is 0 Å². The number of carbonyl (C=O) groups is 2. The number of ether oxygens (including phenoxy) is 1. The highest BCUT2D eigenvalue weighted by molar-refractivity contribution is 7.09. The van der Waals surface area contributed by atoms with E-state index in [0.29, 0.717) is 0 Å². The highest BCUT2D eigenvalue weighted by Gasteiger charge is 2.35. The van der Waals surface area contributed by atoms with E-state index in [-0.39, 0.29) is 25.3 Å². The molecule has 1 fully saturated rings. The number of aliphatic carboxylic acids is 1. The van der Waals surface area contributed by atoms with Crippen molar-refractivity contribution in [2.75, 3.05) is 20.3 Å². The van der Waals surface area contributed by atoms with Gasteiger partial charge in [0.25, 0.3) is 0 Å². The number of hydrogen-bond donors (Lipinski definition) is 2. The highest BCUT2D eigenvalue weighted by Crippen LogP contribution is 2.16. The Bertz CT molecular complexity index is 491. The zero-order valence-electron chi connectivity index (χ0n) is 12.1. The predicted octanol–water partition coefficient (Wildman–Crippen LogP) is 1.42. The molecule has 0 aromatic carbocycles. The summed E-state index contributed by atoms with van der Waals surface area (Å²) < 4.78 is 5.14. The first-order chi connectivity index (χ1) is 9.99. The van der Waals surface area contributed by atoms with Gasteiger partial charge in [0.2, 0.25) is 0 Å². The molecule has 3 atom stereocenters. The van der Waals surface area contributed by atoms with Crippen molar-refractivity contribution in [3.8, 4) is 0 Å². The van der Waals surface area contributed by atoms with E-state index < -0.39 is 17.9 Å². The summed E-state index contributed by atoms with van der Waals surface area (Å²) in [5.74, 6) is -1.61. The topological polar surface area (TPSA) is 78.9 Å². The monoisotopic (exact) mass is 312 g/mol. The van der Waals surface area contributed by atoms with Gasteiger partial charge in [-0.15, -0.1) is 11.3 Å². The Morgan fingerprint density at radius 1 is 1.57 bits per heavy atom. The van der Waals surface area contributed by atoms with Crippen molar-refractivity contribution in [1.29, 1.82) is 0 Å². The van der Waals surface area contributed by atoms with Gasteiger partial charge in [0, 0.05) is 24.4 Å². The smallest absolute Gasteiger partial charge is 0.317 e. The first kappa shape index (κ1) is 15.8. The number of thiophene rings is 1. The fourth-order valence-corrected chi connectivity index (χ4v) is 3.08. The Hall–Kier alpha value is -1.60. The van der Waals surface area contributed by atoms with Crippen LogP contribution in [-0.4, -0.2) is 54.4 Å². The third-order valence-electron chi connectivity index (χ3n) is 3.76. The van der Waals surface area contributed by atoms with Gasteiger partial charge in [-0.1, -0.05) is 6.07 Å². The average molecular weight is 312 g/mol. The quantitative estimate of drug-likeness (QED) is 0.862. The summed E-state index contributed by atoms with van der Waals surface area (Å²) in [6.45, 7) is 2.36. The molecule has 3 unspecified atom stereocenters. The minimum absolute atomic E-state index is 0.0363. The number of urea groups is 1. The van der Waals surface area contributed by atoms with E-state index in [2.05, 4.69) is 5.32 Å². The number of carboxylic acid groups (broad SMARTS) is 1. The fourth-order valence-electron chi connectivity index (χ4n) is 2.26. The van der Waals surface area contributed by atoms with Crippen LogP contribution in [0.25, 0.3) is 0 Å². The average Bonchev–Trinajstić information content (AvgIpc) is 3.08. The fraction of sp³-hybridized carbons (Fsp3) is 0.571. The summed E-state index contributed by atoms with van der Waals surface area (Å²) in [5.41, 5.74) is 0. The molecule has 6 nitrogen and oxygen atoms in total. The molecule has 0 saturated carbocycles. The second-order valence-corrected chi connectivity index (χ2v) is 6.31. The van der Waals surface area contributed by atoms with E-state index in [1.807, 2.05) is 24.4 Å². The van der Waals surface area contributed by atoms with E-state index in [1.165, 1.54) is 4.88 Å². The van der Waals surface area contributed by atoms with Crippen LogP contribution in [0.5, 0.6) is 0 Å². The number of rotatable bonds is 5. The van der Waals surface area contributed by atoms with E-state index in [9.17, 15) is 9.59 Å². The van der Waals surface area contributed by atoms with Crippen molar-refractivity contribution in [2.45, 2.75) is 25.4 Å². The molecule has 116 valence electrons. The van der Waals surface area contributed by atoms with Crippen LogP contribution < -0.4 is 5.32 Å². The second kappa shape index (κ2) is 6.91. The lowest BCUT2D eigenvalue weighted by molar-refractivity contribution is -0.142. The van der Waals surface area contributed by atoms with Gasteiger partial charge in [-0.05, 0) is 18.4 Å². The van der Waals surface area contributed by atoms with Crippen molar-refractivity contribution < 1.29 is 19.4 Å². The summed E-state index contributed by atoms with van der Waals surface area (Å²) in [7, 11) is 1.72. The van der Waals surface area contributed by atoms with Gasteiger partial charge in [-0.2, -0.15) is 0 Å². The number of likely N-dealkylation sites (N-methyl/N-ethyl adjacent to an activating group) is 1. The molecule has 1 aliphatic heterocycles. The van der Waals surface area contributed by atoms with Gasteiger partial charge in [0.1, 0.15) is 5.92 Å². The molecule has 7 heteroatoms. The lowest BCUT2D eigenvalue weighted by atomic mass is 10.0. The summed E-state index contributed by atoms with van der Waals surface area (Å²) in [6.07, 6.45) is 0.783. The second-order valence-electron chi connectivity index (χ2n) is 5.28. The summed E-state index contributed by atoms with van der Waals surface area (Å²) in [5, 5.41) is 13.8. The Labute approximate surface area is 127 Å². The van der Waals surface area contributed by atoms with Gasteiger partial charge >= 0.3 is 12.0 Å².